The van der Waals surface area contributed by atoms with Crippen molar-refractivity contribution in [2.45, 2.75) is 33.3 Å². The molecule has 1 saturated heterocycles. The van der Waals surface area contributed by atoms with Crippen molar-refractivity contribution in [3.63, 3.8) is 0 Å². The van der Waals surface area contributed by atoms with Gasteiger partial charge in [0.1, 0.15) is 11.6 Å². The molecule has 0 saturated carbocycles. The van der Waals surface area contributed by atoms with Crippen LogP contribution in [0.3, 0.4) is 0 Å². The molecule has 2 N–H and O–H groups in total. The van der Waals surface area contributed by atoms with Crippen molar-refractivity contribution >= 4 is 11.7 Å². The van der Waals surface area contributed by atoms with Crippen LogP contribution in [-0.4, -0.2) is 50.0 Å². The highest BCUT2D eigenvalue weighted by Gasteiger charge is 2.27. The molecule has 0 radical (unpaired) electrons. The van der Waals surface area contributed by atoms with E-state index in [1.807, 2.05) is 45.0 Å². The van der Waals surface area contributed by atoms with Gasteiger partial charge in [-0.2, -0.15) is 5.10 Å². The lowest BCUT2D eigenvalue weighted by atomic mass is 9.96. The number of nitrogens with zero attached hydrogens (tertiary/aromatic N) is 4. The average Bonchev–Trinajstić information content (AvgIpc) is 2.89. The Hall–Kier alpha value is -2.41. The molecule has 1 aromatic carbocycles. The molecule has 0 bridgehead atoms. The minimum Gasteiger partial charge on any atom is -0.391 e. The molecule has 2 atom stereocenters. The summed E-state index contributed by atoms with van der Waals surface area (Å²) in [4.78, 5) is 18.5. The predicted molar refractivity (Wildman–Crippen MR) is 91.2 cm³/mol. The van der Waals surface area contributed by atoms with E-state index in [0.717, 1.165) is 17.9 Å². The van der Waals surface area contributed by atoms with E-state index in [4.69, 9.17) is 0 Å². The van der Waals surface area contributed by atoms with Crippen LogP contribution in [0, 0.1) is 19.8 Å². The van der Waals surface area contributed by atoms with Crippen molar-refractivity contribution in [1.29, 1.82) is 0 Å². The van der Waals surface area contributed by atoms with Crippen LogP contribution >= 0.6 is 0 Å². The van der Waals surface area contributed by atoms with E-state index in [0.29, 0.717) is 24.6 Å². The molecule has 7 nitrogen and oxygen atoms in total. The second-order valence-electron chi connectivity index (χ2n) is 6.34. The van der Waals surface area contributed by atoms with Gasteiger partial charge in [0.25, 0.3) is 0 Å². The number of aliphatic hydroxyl groups is 1. The molecular weight excluding hydrogens is 306 g/mol. The van der Waals surface area contributed by atoms with Crippen LogP contribution in [0.4, 0.5) is 10.5 Å². The minimum atomic E-state index is -0.472. The molecule has 3 rings (SSSR count). The van der Waals surface area contributed by atoms with Crippen LogP contribution in [0.1, 0.15) is 25.0 Å². The number of para-hydroxylation sites is 2. The Morgan fingerprint density at radius 3 is 2.75 bits per heavy atom. The lowest BCUT2D eigenvalue weighted by Gasteiger charge is -2.34. The van der Waals surface area contributed by atoms with Gasteiger partial charge in [0, 0.05) is 13.1 Å². The van der Waals surface area contributed by atoms with Gasteiger partial charge in [-0.3, -0.25) is 0 Å². The third kappa shape index (κ3) is 3.26. The lowest BCUT2D eigenvalue weighted by molar-refractivity contribution is 0.0464. The summed E-state index contributed by atoms with van der Waals surface area (Å²) >= 11 is 0. The van der Waals surface area contributed by atoms with Crippen molar-refractivity contribution in [3.8, 4) is 5.69 Å². The van der Waals surface area contributed by atoms with Gasteiger partial charge in [-0.1, -0.05) is 19.1 Å². The number of likely N-dealkylation sites (tertiary alicyclic amines) is 1. The summed E-state index contributed by atoms with van der Waals surface area (Å²) in [6, 6.07) is 7.29. The van der Waals surface area contributed by atoms with Gasteiger partial charge in [-0.25, -0.2) is 14.5 Å². The fourth-order valence-corrected chi connectivity index (χ4v) is 2.94. The van der Waals surface area contributed by atoms with Crippen molar-refractivity contribution in [2.24, 2.45) is 5.92 Å². The number of benzene rings is 1. The smallest absolute Gasteiger partial charge is 0.321 e. The van der Waals surface area contributed by atoms with Crippen LogP contribution in [0.2, 0.25) is 0 Å². The fraction of sp³-hybridized carbons (Fsp3) is 0.471. The van der Waals surface area contributed by atoms with Crippen molar-refractivity contribution < 1.29 is 9.90 Å². The number of aliphatic hydroxyl groups excluding tert-OH is 1. The first-order chi connectivity index (χ1) is 11.5. The number of urea groups is 1. The maximum Gasteiger partial charge on any atom is 0.321 e. The number of hydrogen-bond acceptors (Lipinski definition) is 4. The molecule has 1 fully saturated rings. The molecule has 2 amide bonds. The highest BCUT2D eigenvalue weighted by atomic mass is 16.3. The van der Waals surface area contributed by atoms with E-state index in [9.17, 15) is 9.90 Å². The molecular formula is C17H23N5O2. The quantitative estimate of drug-likeness (QED) is 0.884. The van der Waals surface area contributed by atoms with Crippen LogP contribution in [0.25, 0.3) is 5.69 Å². The topological polar surface area (TPSA) is 83.3 Å². The van der Waals surface area contributed by atoms with E-state index in [-0.39, 0.29) is 11.9 Å². The van der Waals surface area contributed by atoms with E-state index in [2.05, 4.69) is 15.4 Å². The highest BCUT2D eigenvalue weighted by molar-refractivity contribution is 5.91. The Labute approximate surface area is 141 Å². The molecule has 2 aromatic rings. The van der Waals surface area contributed by atoms with Crippen molar-refractivity contribution in [3.05, 3.63) is 35.9 Å². The summed E-state index contributed by atoms with van der Waals surface area (Å²) in [5, 5.41) is 17.3. The Balaban J connectivity index is 1.81. The standard InChI is InChI=1S/C17H23N5O2/c1-11-8-9-21(10-16(11)23)17(24)19-14-6-4-5-7-15(14)22-13(3)18-12(2)20-22/h4-7,11,16,23H,8-10H2,1-3H3,(H,19,24). The van der Waals surface area contributed by atoms with Crippen LogP contribution in [0.15, 0.2) is 24.3 Å². The second-order valence-corrected chi connectivity index (χ2v) is 6.34. The number of aryl methyl sites for hydroxylation is 2. The van der Waals surface area contributed by atoms with Crippen molar-refractivity contribution in [1.82, 2.24) is 19.7 Å². The number of carbonyl (C=O) groups excluding carboxylic acids is 1. The van der Waals surface area contributed by atoms with Crippen LogP contribution < -0.4 is 5.32 Å². The molecule has 1 aliphatic rings. The largest absolute Gasteiger partial charge is 0.391 e. The number of piperidine rings is 1. The Bertz CT molecular complexity index is 742. The summed E-state index contributed by atoms with van der Waals surface area (Å²) in [6.07, 6.45) is 0.331. The summed E-state index contributed by atoms with van der Waals surface area (Å²) in [5.74, 6) is 1.67. The van der Waals surface area contributed by atoms with E-state index in [1.165, 1.54) is 0 Å². The number of anilines is 1. The van der Waals surface area contributed by atoms with Gasteiger partial charge in [-0.15, -0.1) is 0 Å². The summed E-state index contributed by atoms with van der Waals surface area (Å²) in [6.45, 7) is 6.72. The lowest BCUT2D eigenvalue weighted by Crippen LogP contribution is -2.47. The number of carbonyl (C=O) groups is 1. The first-order valence-corrected chi connectivity index (χ1v) is 8.19. The van der Waals surface area contributed by atoms with Gasteiger partial charge in [-0.05, 0) is 38.3 Å². The van der Waals surface area contributed by atoms with Gasteiger partial charge in [0.2, 0.25) is 0 Å². The molecule has 24 heavy (non-hydrogen) atoms. The fourth-order valence-electron chi connectivity index (χ4n) is 2.94. The monoisotopic (exact) mass is 329 g/mol. The average molecular weight is 329 g/mol. The first kappa shape index (κ1) is 16.4. The van der Waals surface area contributed by atoms with Gasteiger partial charge < -0.3 is 15.3 Å². The summed E-state index contributed by atoms with van der Waals surface area (Å²) in [5.41, 5.74) is 1.44. The Morgan fingerprint density at radius 1 is 1.33 bits per heavy atom. The zero-order valence-corrected chi connectivity index (χ0v) is 14.2. The normalized spacial score (nSPS) is 20.9. The molecule has 0 spiro atoms. The molecule has 1 aromatic heterocycles. The Morgan fingerprint density at radius 2 is 2.08 bits per heavy atom. The number of hydrogen-bond donors (Lipinski definition) is 2. The molecule has 128 valence electrons. The molecule has 1 aliphatic heterocycles. The number of rotatable bonds is 2. The van der Waals surface area contributed by atoms with Gasteiger partial charge in [0.15, 0.2) is 0 Å². The molecule has 2 unspecified atom stereocenters. The summed E-state index contributed by atoms with van der Waals surface area (Å²) < 4.78 is 1.72. The maximum atomic E-state index is 12.6. The van der Waals surface area contributed by atoms with E-state index in [1.54, 1.807) is 9.58 Å². The number of nitrogens with one attached hydrogen (secondary N) is 1. The molecule has 0 aliphatic carbocycles. The summed E-state index contributed by atoms with van der Waals surface area (Å²) in [7, 11) is 0. The highest BCUT2D eigenvalue weighted by Crippen LogP contribution is 2.22. The van der Waals surface area contributed by atoms with Crippen LogP contribution in [0.5, 0.6) is 0 Å². The predicted octanol–water partition coefficient (Wildman–Crippen LogP) is 2.12. The Kier molecular flexibility index (Phi) is 4.53. The molecule has 7 heteroatoms. The molecule has 2 heterocycles. The minimum absolute atomic E-state index is 0.206. The van der Waals surface area contributed by atoms with E-state index < -0.39 is 6.10 Å². The third-order valence-corrected chi connectivity index (χ3v) is 4.45. The third-order valence-electron chi connectivity index (χ3n) is 4.45. The van der Waals surface area contributed by atoms with Gasteiger partial charge in [0.05, 0.1) is 17.5 Å². The van der Waals surface area contributed by atoms with Crippen LogP contribution in [-0.2, 0) is 0 Å². The number of β-amino-alcohol motifs (C(OH)–C–C–N with tert-alkyl or cyclic N) is 1. The maximum absolute atomic E-state index is 12.6. The number of aromatic nitrogens is 3. The zero-order chi connectivity index (χ0) is 17.3. The van der Waals surface area contributed by atoms with Gasteiger partial charge >= 0.3 is 6.03 Å². The number of amides is 2. The second kappa shape index (κ2) is 6.60. The zero-order valence-electron chi connectivity index (χ0n) is 14.2. The SMILES string of the molecule is Cc1nc(C)n(-c2ccccc2NC(=O)N2CCC(C)C(O)C2)n1. The first-order valence-electron chi connectivity index (χ1n) is 8.19. The van der Waals surface area contributed by atoms with Crippen molar-refractivity contribution in [2.75, 3.05) is 18.4 Å². The van der Waals surface area contributed by atoms with E-state index >= 15 is 0 Å².